The summed E-state index contributed by atoms with van der Waals surface area (Å²) in [6, 6.07) is 7.50. The van der Waals surface area contributed by atoms with Gasteiger partial charge < -0.3 is 20.1 Å². The van der Waals surface area contributed by atoms with Crippen molar-refractivity contribution >= 4 is 12.0 Å². The van der Waals surface area contributed by atoms with Crippen molar-refractivity contribution in [3.05, 3.63) is 35.4 Å². The van der Waals surface area contributed by atoms with Crippen LogP contribution in [0.4, 0.5) is 4.79 Å². The minimum Gasteiger partial charge on any atom is -0.444 e. The van der Waals surface area contributed by atoms with E-state index in [4.69, 9.17) is 4.74 Å². The number of nitrogens with one attached hydrogen (secondary N) is 1. The fraction of sp³-hybridized carbons (Fsp3) is 0.667. The van der Waals surface area contributed by atoms with E-state index in [9.17, 15) is 14.7 Å². The van der Waals surface area contributed by atoms with Crippen LogP contribution in [-0.4, -0.2) is 70.8 Å². The van der Waals surface area contributed by atoms with Crippen LogP contribution in [0.3, 0.4) is 0 Å². The molecule has 1 aliphatic heterocycles. The average molecular weight is 434 g/mol. The number of nitrogens with zero attached hydrogens (tertiary/aromatic N) is 2. The predicted octanol–water partition coefficient (Wildman–Crippen LogP) is 2.95. The number of rotatable bonds is 7. The minimum atomic E-state index is -0.698. The highest BCUT2D eigenvalue weighted by Gasteiger charge is 2.28. The molecule has 0 aromatic heterocycles. The maximum Gasteiger partial charge on any atom is 0.408 e. The normalized spacial score (nSPS) is 16.8. The zero-order valence-electron chi connectivity index (χ0n) is 19.9. The monoisotopic (exact) mass is 433 g/mol. The molecule has 0 saturated carbocycles. The number of ether oxygens (including phenoxy) is 1. The highest BCUT2D eigenvalue weighted by atomic mass is 16.6. The van der Waals surface area contributed by atoms with E-state index in [1.165, 1.54) is 5.56 Å². The highest BCUT2D eigenvalue weighted by molar-refractivity contribution is 5.86. The highest BCUT2D eigenvalue weighted by Crippen LogP contribution is 2.16. The van der Waals surface area contributed by atoms with E-state index in [1.54, 1.807) is 32.7 Å². The maximum absolute atomic E-state index is 13.0. The van der Waals surface area contributed by atoms with Crippen molar-refractivity contribution in [1.82, 2.24) is 15.1 Å². The summed E-state index contributed by atoms with van der Waals surface area (Å²) in [5.41, 5.74) is 1.54. The van der Waals surface area contributed by atoms with E-state index < -0.39 is 17.7 Å². The molecule has 1 heterocycles. The van der Waals surface area contributed by atoms with Crippen LogP contribution in [0.2, 0.25) is 0 Å². The van der Waals surface area contributed by atoms with Crippen molar-refractivity contribution in [2.75, 3.05) is 20.1 Å². The molecule has 1 atom stereocenters. The molecule has 7 heteroatoms. The summed E-state index contributed by atoms with van der Waals surface area (Å²) < 4.78 is 5.36. The van der Waals surface area contributed by atoms with Crippen molar-refractivity contribution in [1.29, 1.82) is 0 Å². The van der Waals surface area contributed by atoms with Gasteiger partial charge in [-0.05, 0) is 58.6 Å². The Kier molecular flexibility index (Phi) is 8.89. The zero-order valence-corrected chi connectivity index (χ0v) is 19.9. The van der Waals surface area contributed by atoms with E-state index >= 15 is 0 Å². The molecule has 1 aliphatic rings. The lowest BCUT2D eigenvalue weighted by molar-refractivity contribution is -0.133. The Hall–Kier alpha value is -2.12. The SMILES string of the molecule is CC(C)N(C)C(=O)C(Cc1ccc(CN2CCC(O)CC2)cc1)NC(=O)OC(C)(C)C. The molecule has 2 amide bonds. The molecule has 0 aliphatic carbocycles. The standard InChI is InChI=1S/C24H39N3O4/c1-17(2)26(6)22(29)21(25-23(30)31-24(3,4)5)15-18-7-9-19(10-8-18)16-27-13-11-20(28)12-14-27/h7-10,17,20-21,28H,11-16H2,1-6H3,(H,25,30). The number of carbonyl (C=O) groups is 2. The summed E-state index contributed by atoms with van der Waals surface area (Å²) in [6.45, 7) is 11.9. The van der Waals surface area contributed by atoms with Crippen molar-refractivity contribution in [3.63, 3.8) is 0 Å². The van der Waals surface area contributed by atoms with Gasteiger partial charge in [0.1, 0.15) is 11.6 Å². The van der Waals surface area contributed by atoms with Crippen LogP contribution in [-0.2, 0) is 22.5 Å². The van der Waals surface area contributed by atoms with Crippen molar-refractivity contribution < 1.29 is 19.4 Å². The third-order valence-corrected chi connectivity index (χ3v) is 5.54. The third-order valence-electron chi connectivity index (χ3n) is 5.54. The third kappa shape index (κ3) is 8.50. The topological polar surface area (TPSA) is 82.1 Å². The lowest BCUT2D eigenvalue weighted by Crippen LogP contribution is -2.51. The number of likely N-dealkylation sites (N-methyl/N-ethyl adjacent to an activating group) is 1. The first-order valence-corrected chi connectivity index (χ1v) is 11.2. The number of amides is 2. The summed E-state index contributed by atoms with van der Waals surface area (Å²) in [5.74, 6) is -0.142. The number of carbonyl (C=O) groups excluding carboxylic acids is 2. The van der Waals surface area contributed by atoms with Gasteiger partial charge in [0, 0.05) is 39.1 Å². The van der Waals surface area contributed by atoms with Crippen molar-refractivity contribution in [2.45, 2.75) is 84.2 Å². The molecule has 7 nitrogen and oxygen atoms in total. The number of hydrogen-bond donors (Lipinski definition) is 2. The molecule has 0 bridgehead atoms. The molecule has 2 N–H and O–H groups in total. The van der Waals surface area contributed by atoms with E-state index in [0.29, 0.717) is 6.42 Å². The molecular formula is C24H39N3O4. The summed E-state index contributed by atoms with van der Waals surface area (Å²) in [7, 11) is 1.75. The van der Waals surface area contributed by atoms with E-state index in [0.717, 1.165) is 38.0 Å². The first kappa shape index (κ1) is 25.1. The lowest BCUT2D eigenvalue weighted by Gasteiger charge is -2.29. The summed E-state index contributed by atoms with van der Waals surface area (Å²) in [6.07, 6.45) is 1.27. The summed E-state index contributed by atoms with van der Waals surface area (Å²) in [4.78, 5) is 29.3. The largest absolute Gasteiger partial charge is 0.444 e. The Morgan fingerprint density at radius 2 is 1.71 bits per heavy atom. The fourth-order valence-corrected chi connectivity index (χ4v) is 3.50. The molecule has 174 valence electrons. The van der Waals surface area contributed by atoms with Crippen molar-refractivity contribution in [3.8, 4) is 0 Å². The molecule has 1 aromatic rings. The van der Waals surface area contributed by atoms with Crippen LogP contribution in [0.5, 0.6) is 0 Å². The van der Waals surface area contributed by atoms with Gasteiger partial charge in [0.15, 0.2) is 0 Å². The number of benzene rings is 1. The van der Waals surface area contributed by atoms with Gasteiger partial charge in [-0.25, -0.2) is 4.79 Å². The van der Waals surface area contributed by atoms with Gasteiger partial charge in [0.25, 0.3) is 0 Å². The van der Waals surface area contributed by atoms with Gasteiger partial charge >= 0.3 is 6.09 Å². The molecule has 1 aromatic carbocycles. The van der Waals surface area contributed by atoms with Crippen LogP contribution >= 0.6 is 0 Å². The fourth-order valence-electron chi connectivity index (χ4n) is 3.50. The molecule has 0 spiro atoms. The van der Waals surface area contributed by atoms with Crippen LogP contribution in [0.15, 0.2) is 24.3 Å². The van der Waals surface area contributed by atoms with Gasteiger partial charge in [0.05, 0.1) is 6.10 Å². The summed E-state index contributed by atoms with van der Waals surface area (Å²) in [5, 5.41) is 12.4. The number of likely N-dealkylation sites (tertiary alicyclic amines) is 1. The Morgan fingerprint density at radius 1 is 1.16 bits per heavy atom. The first-order valence-electron chi connectivity index (χ1n) is 11.2. The van der Waals surface area contributed by atoms with Gasteiger partial charge in [-0.15, -0.1) is 0 Å². The number of piperidine rings is 1. The number of alkyl carbamates (subject to hydrolysis) is 1. The van der Waals surface area contributed by atoms with Crippen LogP contribution < -0.4 is 5.32 Å². The smallest absolute Gasteiger partial charge is 0.408 e. The second-order valence-corrected chi connectivity index (χ2v) is 9.77. The lowest BCUT2D eigenvalue weighted by atomic mass is 10.0. The molecule has 1 unspecified atom stereocenters. The van der Waals surface area contributed by atoms with E-state index in [1.807, 2.05) is 26.0 Å². The van der Waals surface area contributed by atoms with Gasteiger partial charge in [0.2, 0.25) is 5.91 Å². The zero-order chi connectivity index (χ0) is 23.2. The van der Waals surface area contributed by atoms with Crippen LogP contribution in [0.1, 0.15) is 58.6 Å². The Bertz CT molecular complexity index is 719. The van der Waals surface area contributed by atoms with Crippen LogP contribution in [0.25, 0.3) is 0 Å². The molecule has 1 fully saturated rings. The number of hydrogen-bond acceptors (Lipinski definition) is 5. The minimum absolute atomic E-state index is 0.0286. The molecular weight excluding hydrogens is 394 g/mol. The molecule has 1 saturated heterocycles. The van der Waals surface area contributed by atoms with Crippen molar-refractivity contribution in [2.24, 2.45) is 0 Å². The second kappa shape index (κ2) is 11.0. The van der Waals surface area contributed by atoms with Gasteiger partial charge in [-0.1, -0.05) is 24.3 Å². The first-order chi connectivity index (χ1) is 14.4. The molecule has 2 rings (SSSR count). The van der Waals surface area contributed by atoms with Gasteiger partial charge in [-0.3, -0.25) is 9.69 Å². The van der Waals surface area contributed by atoms with Crippen LogP contribution in [0, 0.1) is 0 Å². The predicted molar refractivity (Wildman–Crippen MR) is 122 cm³/mol. The Balaban J connectivity index is 2.04. The second-order valence-electron chi connectivity index (χ2n) is 9.77. The maximum atomic E-state index is 13.0. The van der Waals surface area contributed by atoms with Gasteiger partial charge in [-0.2, -0.15) is 0 Å². The number of aliphatic hydroxyl groups excluding tert-OH is 1. The number of aliphatic hydroxyl groups is 1. The Labute approximate surface area is 186 Å². The van der Waals surface area contributed by atoms with E-state index in [-0.39, 0.29) is 18.1 Å². The quantitative estimate of drug-likeness (QED) is 0.691. The molecule has 0 radical (unpaired) electrons. The Morgan fingerprint density at radius 3 is 2.23 bits per heavy atom. The molecule has 31 heavy (non-hydrogen) atoms. The summed E-state index contributed by atoms with van der Waals surface area (Å²) >= 11 is 0. The average Bonchev–Trinajstić information content (AvgIpc) is 2.68. The van der Waals surface area contributed by atoms with E-state index in [2.05, 4.69) is 22.3 Å².